The minimum absolute atomic E-state index is 0.593. The van der Waals surface area contributed by atoms with Gasteiger partial charge in [0.25, 0.3) is 0 Å². The summed E-state index contributed by atoms with van der Waals surface area (Å²) in [6.07, 6.45) is 3.29. The lowest BCUT2D eigenvalue weighted by atomic mass is 10.2. The minimum atomic E-state index is 0.593. The second-order valence-electron chi connectivity index (χ2n) is 3.74. The van der Waals surface area contributed by atoms with Crippen molar-refractivity contribution in [3.63, 3.8) is 0 Å². The van der Waals surface area contributed by atoms with Crippen molar-refractivity contribution >= 4 is 23.1 Å². The molecule has 0 fully saturated rings. The van der Waals surface area contributed by atoms with Crippen molar-refractivity contribution in [2.45, 2.75) is 45.5 Å². The summed E-state index contributed by atoms with van der Waals surface area (Å²) < 4.78 is 0. The highest BCUT2D eigenvalue weighted by Gasteiger charge is 2.07. The Kier molecular flexibility index (Phi) is 5.64. The Balaban J connectivity index is 2.53. The van der Waals surface area contributed by atoms with Gasteiger partial charge in [0.2, 0.25) is 0 Å². The minimum Gasteiger partial charge on any atom is -0.309 e. The number of aromatic nitrogens is 1. The fourth-order valence-corrected chi connectivity index (χ4v) is 2.97. The number of thioether (sulfide) groups is 1. The van der Waals surface area contributed by atoms with Gasteiger partial charge in [-0.3, -0.25) is 0 Å². The number of aryl methyl sites for hydroxylation is 1. The van der Waals surface area contributed by atoms with E-state index in [9.17, 15) is 0 Å². The monoisotopic (exact) mass is 244 g/mol. The van der Waals surface area contributed by atoms with Gasteiger partial charge in [-0.25, -0.2) is 4.98 Å². The van der Waals surface area contributed by atoms with Crippen molar-refractivity contribution in [3.8, 4) is 0 Å². The molecule has 1 atom stereocenters. The van der Waals surface area contributed by atoms with Gasteiger partial charge in [0, 0.05) is 23.2 Å². The number of nitrogens with zero attached hydrogens (tertiary/aromatic N) is 1. The van der Waals surface area contributed by atoms with Gasteiger partial charge in [0.15, 0.2) is 0 Å². The first kappa shape index (κ1) is 13.0. The van der Waals surface area contributed by atoms with E-state index in [0.29, 0.717) is 6.04 Å². The van der Waals surface area contributed by atoms with Crippen LogP contribution in [0.2, 0.25) is 0 Å². The molecular formula is C11H20N2S2. The van der Waals surface area contributed by atoms with Crippen molar-refractivity contribution in [2.75, 3.05) is 6.26 Å². The number of thiazole rings is 1. The van der Waals surface area contributed by atoms with Gasteiger partial charge in [-0.2, -0.15) is 11.8 Å². The lowest BCUT2D eigenvalue weighted by Crippen LogP contribution is -2.24. The van der Waals surface area contributed by atoms with Crippen LogP contribution in [0.5, 0.6) is 0 Å². The predicted molar refractivity (Wildman–Crippen MR) is 70.7 cm³/mol. The SMILES string of the molecule is CCC(C)NCc1sc(CSC)nc1C. The quantitative estimate of drug-likeness (QED) is 0.832. The van der Waals surface area contributed by atoms with Crippen molar-refractivity contribution in [1.29, 1.82) is 0 Å². The van der Waals surface area contributed by atoms with Gasteiger partial charge >= 0.3 is 0 Å². The van der Waals surface area contributed by atoms with E-state index >= 15 is 0 Å². The van der Waals surface area contributed by atoms with Crippen LogP contribution < -0.4 is 5.32 Å². The van der Waals surface area contributed by atoms with Crippen LogP contribution in [0.4, 0.5) is 0 Å². The summed E-state index contributed by atoms with van der Waals surface area (Å²) in [5, 5.41) is 4.76. The average Bonchev–Trinajstić information content (AvgIpc) is 2.56. The third-order valence-electron chi connectivity index (χ3n) is 2.43. The standard InChI is InChI=1S/C11H20N2S2/c1-5-8(2)12-6-10-9(3)13-11(15-10)7-14-4/h8,12H,5-7H2,1-4H3. The Hall–Kier alpha value is -0.0600. The summed E-state index contributed by atoms with van der Waals surface area (Å²) >= 11 is 3.68. The third-order valence-corrected chi connectivity index (χ3v) is 4.33. The Morgan fingerprint density at radius 3 is 2.87 bits per heavy atom. The van der Waals surface area contributed by atoms with Crippen LogP contribution in [-0.2, 0) is 12.3 Å². The number of nitrogens with one attached hydrogen (secondary N) is 1. The van der Waals surface area contributed by atoms with Crippen molar-refractivity contribution < 1.29 is 0 Å². The first-order valence-corrected chi connectivity index (χ1v) is 7.55. The zero-order chi connectivity index (χ0) is 11.3. The average molecular weight is 244 g/mol. The molecule has 0 aliphatic rings. The van der Waals surface area contributed by atoms with Gasteiger partial charge in [-0.15, -0.1) is 11.3 Å². The molecule has 0 aliphatic carbocycles. The third kappa shape index (κ3) is 4.13. The van der Waals surface area contributed by atoms with Crippen LogP contribution in [0.1, 0.15) is 35.8 Å². The van der Waals surface area contributed by atoms with Crippen molar-refractivity contribution in [3.05, 3.63) is 15.6 Å². The molecule has 1 N–H and O–H groups in total. The first-order valence-electron chi connectivity index (χ1n) is 5.34. The molecule has 0 saturated heterocycles. The molecule has 15 heavy (non-hydrogen) atoms. The highest BCUT2D eigenvalue weighted by molar-refractivity contribution is 7.97. The highest BCUT2D eigenvalue weighted by atomic mass is 32.2. The van der Waals surface area contributed by atoms with Gasteiger partial charge in [0.1, 0.15) is 5.01 Å². The molecule has 1 heterocycles. The molecule has 1 aromatic rings. The van der Waals surface area contributed by atoms with Crippen LogP contribution in [0.3, 0.4) is 0 Å². The van der Waals surface area contributed by atoms with Crippen LogP contribution in [-0.4, -0.2) is 17.3 Å². The zero-order valence-corrected chi connectivity index (χ0v) is 11.6. The fraction of sp³-hybridized carbons (Fsp3) is 0.727. The summed E-state index contributed by atoms with van der Waals surface area (Å²) in [6.45, 7) is 7.50. The largest absolute Gasteiger partial charge is 0.309 e. The summed E-state index contributed by atoms with van der Waals surface area (Å²) in [5.74, 6) is 1.04. The summed E-state index contributed by atoms with van der Waals surface area (Å²) in [6, 6.07) is 0.593. The van der Waals surface area contributed by atoms with E-state index in [1.807, 2.05) is 23.1 Å². The molecule has 0 aliphatic heterocycles. The Morgan fingerprint density at radius 1 is 1.53 bits per heavy atom. The van der Waals surface area contributed by atoms with Crippen LogP contribution in [0.25, 0.3) is 0 Å². The number of hydrogen-bond donors (Lipinski definition) is 1. The molecule has 1 unspecified atom stereocenters. The van der Waals surface area contributed by atoms with E-state index in [2.05, 4.69) is 37.3 Å². The first-order chi connectivity index (χ1) is 7.17. The summed E-state index contributed by atoms with van der Waals surface area (Å²) in [5.41, 5.74) is 1.19. The van der Waals surface area contributed by atoms with Crippen molar-refractivity contribution in [2.24, 2.45) is 0 Å². The Labute approximate surface area is 101 Å². The van der Waals surface area contributed by atoms with Gasteiger partial charge in [-0.1, -0.05) is 6.92 Å². The molecule has 2 nitrogen and oxygen atoms in total. The summed E-state index contributed by atoms with van der Waals surface area (Å²) in [7, 11) is 0. The lowest BCUT2D eigenvalue weighted by Gasteiger charge is -2.09. The molecule has 1 aromatic heterocycles. The van der Waals surface area contributed by atoms with Gasteiger partial charge < -0.3 is 5.32 Å². The van der Waals surface area contributed by atoms with Crippen LogP contribution in [0, 0.1) is 6.92 Å². The second-order valence-corrected chi connectivity index (χ2v) is 5.77. The molecule has 0 amide bonds. The molecule has 0 bridgehead atoms. The molecule has 0 spiro atoms. The van der Waals surface area contributed by atoms with E-state index < -0.39 is 0 Å². The smallest absolute Gasteiger partial charge is 0.103 e. The zero-order valence-electron chi connectivity index (χ0n) is 9.96. The van der Waals surface area contributed by atoms with E-state index in [-0.39, 0.29) is 0 Å². The Bertz CT molecular complexity index is 297. The van der Waals surface area contributed by atoms with Crippen molar-refractivity contribution in [1.82, 2.24) is 10.3 Å². The molecular weight excluding hydrogens is 224 g/mol. The van der Waals surface area contributed by atoms with E-state index in [4.69, 9.17) is 0 Å². The maximum Gasteiger partial charge on any atom is 0.103 e. The van der Waals surface area contributed by atoms with E-state index in [1.54, 1.807) is 0 Å². The predicted octanol–water partition coefficient (Wildman–Crippen LogP) is 3.20. The maximum absolute atomic E-state index is 4.56. The molecule has 0 saturated carbocycles. The Morgan fingerprint density at radius 2 is 2.27 bits per heavy atom. The van der Waals surface area contributed by atoms with Gasteiger partial charge in [-0.05, 0) is 26.5 Å². The molecule has 1 rings (SSSR count). The topological polar surface area (TPSA) is 24.9 Å². The summed E-state index contributed by atoms with van der Waals surface area (Å²) in [4.78, 5) is 5.95. The molecule has 0 aromatic carbocycles. The second kappa shape index (κ2) is 6.51. The maximum atomic E-state index is 4.56. The lowest BCUT2D eigenvalue weighted by molar-refractivity contribution is 0.536. The van der Waals surface area contributed by atoms with Crippen LogP contribution in [0.15, 0.2) is 0 Å². The molecule has 4 heteroatoms. The highest BCUT2D eigenvalue weighted by Crippen LogP contribution is 2.21. The van der Waals surface area contributed by atoms with Crippen LogP contribution >= 0.6 is 23.1 Å². The van der Waals surface area contributed by atoms with Gasteiger partial charge in [0.05, 0.1) is 5.69 Å². The molecule has 0 radical (unpaired) electrons. The van der Waals surface area contributed by atoms with E-state index in [0.717, 1.165) is 12.3 Å². The number of hydrogen-bond acceptors (Lipinski definition) is 4. The fourth-order valence-electron chi connectivity index (χ4n) is 1.25. The number of rotatable bonds is 6. The van der Waals surface area contributed by atoms with E-state index in [1.165, 1.54) is 22.0 Å². The molecule has 86 valence electrons. The normalized spacial score (nSPS) is 13.1.